The second-order valence-electron chi connectivity index (χ2n) is 7.56. The molecular weight excluding hydrogens is 416 g/mol. The van der Waals surface area contributed by atoms with E-state index in [-0.39, 0.29) is 10.8 Å². The third-order valence-electron chi connectivity index (χ3n) is 5.62. The Balaban J connectivity index is 1.41. The molecule has 10 heteroatoms. The number of piperidine rings is 1. The van der Waals surface area contributed by atoms with Crippen molar-refractivity contribution in [3.63, 3.8) is 0 Å². The molecule has 1 unspecified atom stereocenters. The standard InChI is InChI=1S/C21H22N6O3S/c1-2-26-14-17(12-23-26)31(28,29)27-11-5-7-16(13-27)20-24-25-21(30-20)19-18-8-4-3-6-15(18)9-10-22-19/h3-4,6,8-10,12,14,16H,2,5,7,11,13H2,1H3. The Morgan fingerprint density at radius 3 is 2.90 bits per heavy atom. The average molecular weight is 439 g/mol. The van der Waals surface area contributed by atoms with Gasteiger partial charge in [-0.25, -0.2) is 8.42 Å². The minimum Gasteiger partial charge on any atom is -0.419 e. The molecule has 0 saturated carbocycles. The summed E-state index contributed by atoms with van der Waals surface area (Å²) in [5.41, 5.74) is 0.629. The van der Waals surface area contributed by atoms with E-state index in [2.05, 4.69) is 20.3 Å². The summed E-state index contributed by atoms with van der Waals surface area (Å²) in [7, 11) is -3.62. The fourth-order valence-electron chi connectivity index (χ4n) is 3.95. The van der Waals surface area contributed by atoms with Gasteiger partial charge in [-0.05, 0) is 31.2 Å². The smallest absolute Gasteiger partial charge is 0.266 e. The Morgan fingerprint density at radius 1 is 1.19 bits per heavy atom. The van der Waals surface area contributed by atoms with Gasteiger partial charge in [-0.3, -0.25) is 9.67 Å². The number of aryl methyl sites for hydroxylation is 1. The lowest BCUT2D eigenvalue weighted by Crippen LogP contribution is -2.39. The number of hydrogen-bond acceptors (Lipinski definition) is 7. The van der Waals surface area contributed by atoms with Crippen LogP contribution in [0.25, 0.3) is 22.4 Å². The highest BCUT2D eigenvalue weighted by molar-refractivity contribution is 7.89. The zero-order valence-electron chi connectivity index (χ0n) is 17.0. The Hall–Kier alpha value is -3.11. The summed E-state index contributed by atoms with van der Waals surface area (Å²) in [5, 5.41) is 14.5. The molecule has 4 aromatic rings. The van der Waals surface area contributed by atoms with Crippen molar-refractivity contribution in [2.45, 2.75) is 37.1 Å². The second-order valence-corrected chi connectivity index (χ2v) is 9.50. The van der Waals surface area contributed by atoms with Crippen molar-refractivity contribution >= 4 is 20.8 Å². The molecule has 0 radical (unpaired) electrons. The normalized spacial score (nSPS) is 17.9. The fraction of sp³-hybridized carbons (Fsp3) is 0.333. The van der Waals surface area contributed by atoms with Crippen LogP contribution in [0, 0.1) is 0 Å². The summed E-state index contributed by atoms with van der Waals surface area (Å²) in [6, 6.07) is 9.80. The van der Waals surface area contributed by atoms with E-state index in [9.17, 15) is 8.42 Å². The van der Waals surface area contributed by atoms with Crippen LogP contribution in [0.3, 0.4) is 0 Å². The molecule has 3 aromatic heterocycles. The van der Waals surface area contributed by atoms with Crippen LogP contribution in [0.15, 0.2) is 58.2 Å². The molecule has 0 amide bonds. The number of sulfonamides is 1. The molecule has 0 aliphatic carbocycles. The third kappa shape index (κ3) is 3.61. The van der Waals surface area contributed by atoms with Crippen molar-refractivity contribution in [1.29, 1.82) is 0 Å². The summed E-state index contributed by atoms with van der Waals surface area (Å²) in [4.78, 5) is 4.64. The van der Waals surface area contributed by atoms with Crippen LogP contribution in [-0.2, 0) is 16.6 Å². The van der Waals surface area contributed by atoms with Crippen molar-refractivity contribution in [2.75, 3.05) is 13.1 Å². The van der Waals surface area contributed by atoms with Gasteiger partial charge in [0.15, 0.2) is 0 Å². The summed E-state index contributed by atoms with van der Waals surface area (Å²) >= 11 is 0. The first kappa shape index (κ1) is 19.8. The van der Waals surface area contributed by atoms with Gasteiger partial charge in [0.25, 0.3) is 5.89 Å². The molecule has 4 heterocycles. The maximum Gasteiger partial charge on any atom is 0.266 e. The topological polar surface area (TPSA) is 107 Å². The highest BCUT2D eigenvalue weighted by Crippen LogP contribution is 2.32. The molecule has 31 heavy (non-hydrogen) atoms. The van der Waals surface area contributed by atoms with Gasteiger partial charge in [0.1, 0.15) is 10.6 Å². The van der Waals surface area contributed by atoms with Gasteiger partial charge in [-0.1, -0.05) is 24.3 Å². The lowest BCUT2D eigenvalue weighted by molar-refractivity contribution is 0.286. The van der Waals surface area contributed by atoms with Gasteiger partial charge in [0.2, 0.25) is 15.9 Å². The van der Waals surface area contributed by atoms with Gasteiger partial charge in [0, 0.05) is 37.4 Å². The molecule has 1 aromatic carbocycles. The Kier molecular flexibility index (Phi) is 5.03. The first-order valence-electron chi connectivity index (χ1n) is 10.3. The summed E-state index contributed by atoms with van der Waals surface area (Å²) in [6.45, 7) is 3.29. The van der Waals surface area contributed by atoms with Crippen molar-refractivity contribution in [3.8, 4) is 11.6 Å². The van der Waals surface area contributed by atoms with Crippen molar-refractivity contribution in [2.24, 2.45) is 0 Å². The predicted octanol–water partition coefficient (Wildman–Crippen LogP) is 3.07. The van der Waals surface area contributed by atoms with Gasteiger partial charge >= 0.3 is 0 Å². The molecule has 1 aliphatic heterocycles. The third-order valence-corrected chi connectivity index (χ3v) is 7.44. The van der Waals surface area contributed by atoms with Gasteiger partial charge in [0.05, 0.1) is 12.1 Å². The van der Waals surface area contributed by atoms with Crippen LogP contribution >= 0.6 is 0 Å². The molecule has 9 nitrogen and oxygen atoms in total. The number of nitrogens with zero attached hydrogens (tertiary/aromatic N) is 6. The number of aromatic nitrogens is 5. The van der Waals surface area contributed by atoms with Gasteiger partial charge in [-0.2, -0.15) is 9.40 Å². The summed E-state index contributed by atoms with van der Waals surface area (Å²) in [5.74, 6) is 0.617. The van der Waals surface area contributed by atoms with E-state index in [0.29, 0.717) is 37.1 Å². The molecule has 1 atom stereocenters. The van der Waals surface area contributed by atoms with Crippen LogP contribution in [0.1, 0.15) is 31.6 Å². The molecular formula is C21H22N6O3S. The van der Waals surface area contributed by atoms with E-state index in [1.165, 1.54) is 10.5 Å². The molecule has 0 spiro atoms. The highest BCUT2D eigenvalue weighted by Gasteiger charge is 2.34. The fourth-order valence-corrected chi connectivity index (χ4v) is 5.43. The largest absolute Gasteiger partial charge is 0.419 e. The SMILES string of the molecule is CCn1cc(S(=O)(=O)N2CCCC(c3nnc(-c4nccc5ccccc45)o3)C2)cn1. The monoisotopic (exact) mass is 438 g/mol. The number of benzene rings is 1. The predicted molar refractivity (Wildman–Crippen MR) is 114 cm³/mol. The van der Waals surface area contributed by atoms with E-state index in [1.807, 2.05) is 37.3 Å². The Labute approximate surface area is 179 Å². The van der Waals surface area contributed by atoms with E-state index in [4.69, 9.17) is 4.42 Å². The highest BCUT2D eigenvalue weighted by atomic mass is 32.2. The van der Waals surface area contributed by atoms with E-state index in [0.717, 1.165) is 23.6 Å². The number of rotatable bonds is 5. The van der Waals surface area contributed by atoms with Gasteiger partial charge in [-0.15, -0.1) is 10.2 Å². The van der Waals surface area contributed by atoms with Crippen molar-refractivity contribution in [3.05, 3.63) is 54.8 Å². The minimum absolute atomic E-state index is 0.166. The average Bonchev–Trinajstić information content (AvgIpc) is 3.49. The van der Waals surface area contributed by atoms with Crippen LogP contribution in [-0.4, -0.2) is 50.8 Å². The zero-order valence-corrected chi connectivity index (χ0v) is 17.9. The van der Waals surface area contributed by atoms with Crippen LogP contribution in [0.2, 0.25) is 0 Å². The zero-order chi connectivity index (χ0) is 21.4. The van der Waals surface area contributed by atoms with Crippen LogP contribution in [0.4, 0.5) is 0 Å². The maximum atomic E-state index is 13.1. The Morgan fingerprint density at radius 2 is 2.06 bits per heavy atom. The van der Waals surface area contributed by atoms with Crippen LogP contribution < -0.4 is 0 Å². The number of pyridine rings is 1. The van der Waals surface area contributed by atoms with Crippen molar-refractivity contribution < 1.29 is 12.8 Å². The first-order valence-corrected chi connectivity index (χ1v) is 11.7. The minimum atomic E-state index is -3.62. The molecule has 0 N–H and O–H groups in total. The molecule has 1 saturated heterocycles. The maximum absolute atomic E-state index is 13.1. The van der Waals surface area contributed by atoms with Gasteiger partial charge < -0.3 is 4.42 Å². The summed E-state index contributed by atoms with van der Waals surface area (Å²) in [6.07, 6.45) is 6.18. The van der Waals surface area contributed by atoms with Crippen molar-refractivity contribution in [1.82, 2.24) is 29.3 Å². The summed E-state index contributed by atoms with van der Waals surface area (Å²) < 4.78 is 35.2. The molecule has 1 fully saturated rings. The lowest BCUT2D eigenvalue weighted by Gasteiger charge is -2.29. The Bertz CT molecular complexity index is 1320. The van der Waals surface area contributed by atoms with E-state index >= 15 is 0 Å². The second kappa shape index (κ2) is 7.86. The molecule has 1 aliphatic rings. The number of hydrogen-bond donors (Lipinski definition) is 0. The first-order chi connectivity index (χ1) is 15.1. The van der Waals surface area contributed by atoms with Crippen LogP contribution in [0.5, 0.6) is 0 Å². The lowest BCUT2D eigenvalue weighted by atomic mass is 10.00. The quantitative estimate of drug-likeness (QED) is 0.471. The van der Waals surface area contributed by atoms with E-state index < -0.39 is 10.0 Å². The van der Waals surface area contributed by atoms with E-state index in [1.54, 1.807) is 17.1 Å². The number of fused-ring (bicyclic) bond motifs is 1. The molecule has 0 bridgehead atoms. The molecule has 5 rings (SSSR count). The molecule has 160 valence electrons.